The van der Waals surface area contributed by atoms with Gasteiger partial charge in [0.25, 0.3) is 5.76 Å². The lowest BCUT2D eigenvalue weighted by molar-refractivity contribution is 0.105. The van der Waals surface area contributed by atoms with Gasteiger partial charge in [-0.05, 0) is 24.3 Å². The van der Waals surface area contributed by atoms with Gasteiger partial charge in [0.2, 0.25) is 0 Å². The molecule has 0 saturated heterocycles. The van der Waals surface area contributed by atoms with Crippen LogP contribution in [0.1, 0.15) is 11.5 Å². The van der Waals surface area contributed by atoms with E-state index in [2.05, 4.69) is 5.32 Å². The lowest BCUT2D eigenvalue weighted by Crippen LogP contribution is -2.31. The molecule has 0 bridgehead atoms. The minimum absolute atomic E-state index is 0.0857. The van der Waals surface area contributed by atoms with Crippen LogP contribution in [0.5, 0.6) is 5.75 Å². The molecule has 1 heterocycles. The number of benzene rings is 1. The highest BCUT2D eigenvalue weighted by Gasteiger charge is 2.10. The third kappa shape index (κ3) is 6.97. The smallest absolute Gasteiger partial charge is 0.284 e. The fourth-order valence-corrected chi connectivity index (χ4v) is 2.37. The van der Waals surface area contributed by atoms with Crippen LogP contribution in [-0.4, -0.2) is 30.1 Å². The molecule has 1 aromatic carbocycles. The van der Waals surface area contributed by atoms with Crippen LogP contribution in [0.2, 0.25) is 0 Å². The highest BCUT2D eigenvalue weighted by atomic mass is 32.2. The number of hydrogen-bond acceptors (Lipinski definition) is 5. The Kier molecular flexibility index (Phi) is 7.60. The van der Waals surface area contributed by atoms with Crippen LogP contribution in [0.4, 0.5) is 17.6 Å². The van der Waals surface area contributed by atoms with Crippen LogP contribution in [0.25, 0.3) is 0 Å². The minimum atomic E-state index is -2.45. The quantitative estimate of drug-likeness (QED) is 0.619. The van der Waals surface area contributed by atoms with E-state index in [1.54, 1.807) is 12.1 Å². The Morgan fingerprint density at radius 3 is 2.60 bits per heavy atom. The second-order valence-corrected chi connectivity index (χ2v) is 6.09. The average Bonchev–Trinajstić information content (AvgIpc) is 3.02. The molecule has 1 unspecified atom stereocenters. The number of aliphatic hydroxyl groups excluding tert-OH is 1. The molecule has 2 rings (SSSR count). The molecule has 1 aromatic heterocycles. The predicted octanol–water partition coefficient (Wildman–Crippen LogP) is 3.54. The van der Waals surface area contributed by atoms with Gasteiger partial charge in [-0.15, -0.1) is 0 Å². The van der Waals surface area contributed by atoms with Crippen LogP contribution in [0.3, 0.4) is 0 Å². The molecular formula is C16H17F4NO3S. The van der Waals surface area contributed by atoms with Crippen molar-refractivity contribution in [2.75, 3.05) is 13.2 Å². The third-order valence-electron chi connectivity index (χ3n) is 3.08. The maximum Gasteiger partial charge on any atom is 0.284 e. The summed E-state index contributed by atoms with van der Waals surface area (Å²) >= 11 is 0.479. The van der Waals surface area contributed by atoms with Crippen LogP contribution in [-0.2, 0) is 12.3 Å². The number of aliphatic hydroxyl groups is 1. The Morgan fingerprint density at radius 1 is 1.12 bits per heavy atom. The topological polar surface area (TPSA) is 54.6 Å². The van der Waals surface area contributed by atoms with Gasteiger partial charge >= 0.3 is 0 Å². The average molecular weight is 379 g/mol. The molecule has 1 atom stereocenters. The predicted molar refractivity (Wildman–Crippen MR) is 85.6 cm³/mol. The summed E-state index contributed by atoms with van der Waals surface area (Å²) in [6, 6.07) is 6.39. The van der Waals surface area contributed by atoms with E-state index in [1.165, 1.54) is 6.07 Å². The first kappa shape index (κ1) is 19.6. The van der Waals surface area contributed by atoms with Gasteiger partial charge in [0.15, 0.2) is 11.6 Å². The van der Waals surface area contributed by atoms with Gasteiger partial charge in [-0.1, -0.05) is 11.8 Å². The van der Waals surface area contributed by atoms with Crippen LogP contribution in [0, 0.1) is 11.6 Å². The number of furan rings is 1. The SMILES string of the molecule is OC(CNCc1ccc(CSC(F)F)o1)COc1ccc(F)c(F)c1. The van der Waals surface area contributed by atoms with Crippen molar-refractivity contribution in [1.29, 1.82) is 0 Å². The van der Waals surface area contributed by atoms with Gasteiger partial charge in [0, 0.05) is 12.6 Å². The third-order valence-corrected chi connectivity index (χ3v) is 3.78. The molecule has 0 amide bonds. The summed E-state index contributed by atoms with van der Waals surface area (Å²) in [5.41, 5.74) is 0. The lowest BCUT2D eigenvalue weighted by Gasteiger charge is -2.13. The molecular weight excluding hydrogens is 362 g/mol. The highest BCUT2D eigenvalue weighted by molar-refractivity contribution is 7.98. The van der Waals surface area contributed by atoms with E-state index in [0.717, 1.165) is 12.1 Å². The first-order chi connectivity index (χ1) is 11.9. The lowest BCUT2D eigenvalue weighted by atomic mass is 10.3. The first-order valence-corrected chi connectivity index (χ1v) is 8.43. The summed E-state index contributed by atoms with van der Waals surface area (Å²) in [5.74, 6) is -3.24. The van der Waals surface area contributed by atoms with Crippen molar-refractivity contribution in [3.63, 3.8) is 0 Å². The van der Waals surface area contributed by atoms with E-state index in [0.29, 0.717) is 29.8 Å². The monoisotopic (exact) mass is 379 g/mol. The largest absolute Gasteiger partial charge is 0.491 e. The molecule has 0 fully saturated rings. The van der Waals surface area contributed by atoms with Crippen molar-refractivity contribution in [3.05, 3.63) is 53.5 Å². The van der Waals surface area contributed by atoms with E-state index >= 15 is 0 Å². The summed E-state index contributed by atoms with van der Waals surface area (Å²) in [7, 11) is 0. The van der Waals surface area contributed by atoms with E-state index in [1.807, 2.05) is 0 Å². The van der Waals surface area contributed by atoms with Crippen molar-refractivity contribution in [2.24, 2.45) is 0 Å². The van der Waals surface area contributed by atoms with Crippen LogP contribution >= 0.6 is 11.8 Å². The summed E-state index contributed by atoms with van der Waals surface area (Å²) in [5, 5.41) is 12.7. The second-order valence-electron chi connectivity index (χ2n) is 5.11. The van der Waals surface area contributed by atoms with Crippen molar-refractivity contribution in [3.8, 4) is 5.75 Å². The first-order valence-electron chi connectivity index (χ1n) is 7.38. The molecule has 0 aliphatic heterocycles. The zero-order chi connectivity index (χ0) is 18.2. The van der Waals surface area contributed by atoms with Gasteiger partial charge < -0.3 is 19.6 Å². The van der Waals surface area contributed by atoms with Crippen molar-refractivity contribution >= 4 is 11.8 Å². The minimum Gasteiger partial charge on any atom is -0.491 e. The molecule has 4 nitrogen and oxygen atoms in total. The molecule has 0 aliphatic carbocycles. The zero-order valence-corrected chi connectivity index (χ0v) is 13.9. The zero-order valence-electron chi connectivity index (χ0n) is 13.1. The van der Waals surface area contributed by atoms with E-state index in [9.17, 15) is 22.7 Å². The number of thioether (sulfide) groups is 1. The summed E-state index contributed by atoms with van der Waals surface area (Å²) in [6.07, 6.45) is -0.878. The van der Waals surface area contributed by atoms with Crippen LogP contribution in [0.15, 0.2) is 34.7 Å². The van der Waals surface area contributed by atoms with Crippen molar-refractivity contribution in [1.82, 2.24) is 5.32 Å². The molecule has 0 aliphatic rings. The maximum atomic E-state index is 13.0. The number of hydrogen-bond donors (Lipinski definition) is 2. The molecule has 0 radical (unpaired) electrons. The number of ether oxygens (including phenoxy) is 1. The van der Waals surface area contributed by atoms with Gasteiger partial charge in [-0.2, -0.15) is 8.78 Å². The van der Waals surface area contributed by atoms with Crippen molar-refractivity contribution < 1.29 is 31.8 Å². The number of rotatable bonds is 10. The molecule has 9 heteroatoms. The van der Waals surface area contributed by atoms with E-state index < -0.39 is 23.5 Å². The Balaban J connectivity index is 1.66. The van der Waals surface area contributed by atoms with Gasteiger partial charge in [0.05, 0.1) is 12.3 Å². The molecule has 138 valence electrons. The van der Waals surface area contributed by atoms with E-state index in [-0.39, 0.29) is 24.7 Å². The molecule has 2 aromatic rings. The maximum absolute atomic E-state index is 13.0. The Morgan fingerprint density at radius 2 is 1.88 bits per heavy atom. The Hall–Kier alpha value is -1.71. The van der Waals surface area contributed by atoms with Gasteiger partial charge in [-0.25, -0.2) is 8.78 Å². The standard InChI is InChI=1S/C16H17F4NO3S/c17-14-4-3-11(5-15(14)18)23-8-10(22)6-21-7-12-1-2-13(24-12)9-25-16(19)20/h1-5,10,16,21-22H,6-9H2. The number of nitrogens with one attached hydrogen (secondary N) is 1. The summed E-state index contributed by atoms with van der Waals surface area (Å²) < 4.78 is 60.5. The summed E-state index contributed by atoms with van der Waals surface area (Å²) in [4.78, 5) is 0. The summed E-state index contributed by atoms with van der Waals surface area (Å²) in [6.45, 7) is 0.375. The molecule has 0 saturated carbocycles. The molecule has 25 heavy (non-hydrogen) atoms. The Bertz CT molecular complexity index is 669. The fourth-order valence-electron chi connectivity index (χ4n) is 1.92. The molecule has 0 spiro atoms. The van der Waals surface area contributed by atoms with Crippen molar-refractivity contribution in [2.45, 2.75) is 24.2 Å². The van der Waals surface area contributed by atoms with E-state index in [4.69, 9.17) is 9.15 Å². The van der Waals surface area contributed by atoms with Gasteiger partial charge in [-0.3, -0.25) is 0 Å². The highest BCUT2D eigenvalue weighted by Crippen LogP contribution is 2.21. The fraction of sp³-hybridized carbons (Fsp3) is 0.375. The normalized spacial score (nSPS) is 12.6. The number of alkyl halides is 2. The Labute approximate surface area is 146 Å². The van der Waals surface area contributed by atoms with Gasteiger partial charge in [0.1, 0.15) is 30.0 Å². The van der Waals surface area contributed by atoms with Crippen LogP contribution < -0.4 is 10.1 Å². The second kappa shape index (κ2) is 9.69. The molecule has 2 N–H and O–H groups in total. The number of halogens is 4.